The number of H-pyrrole nitrogens is 1. The van der Waals surface area contributed by atoms with Gasteiger partial charge in [0.25, 0.3) is 0 Å². The van der Waals surface area contributed by atoms with Crippen LogP contribution in [0.25, 0.3) is 11.3 Å². The summed E-state index contributed by atoms with van der Waals surface area (Å²) in [7, 11) is 1.69. The molecule has 4 nitrogen and oxygen atoms in total. The number of hydrogen-bond donors (Lipinski definition) is 2. The number of benzene rings is 1. The van der Waals surface area contributed by atoms with Crippen LogP contribution in [0.3, 0.4) is 0 Å². The van der Waals surface area contributed by atoms with Gasteiger partial charge in [0.2, 0.25) is 0 Å². The van der Waals surface area contributed by atoms with E-state index in [1.807, 2.05) is 12.1 Å². The Morgan fingerprint density at radius 2 is 2.21 bits per heavy atom. The molecule has 0 saturated carbocycles. The van der Waals surface area contributed by atoms with Crippen LogP contribution in [0.4, 0.5) is 5.82 Å². The number of ether oxygens (including phenoxy) is 1. The molecule has 0 saturated heterocycles. The number of nitrogens with zero attached hydrogens (tertiary/aromatic N) is 1. The van der Waals surface area contributed by atoms with E-state index < -0.39 is 0 Å². The molecule has 100 valence electrons. The van der Waals surface area contributed by atoms with Gasteiger partial charge in [-0.25, -0.2) is 0 Å². The van der Waals surface area contributed by atoms with E-state index in [0.29, 0.717) is 0 Å². The van der Waals surface area contributed by atoms with E-state index in [1.165, 1.54) is 18.4 Å². The molecule has 0 radical (unpaired) electrons. The maximum absolute atomic E-state index is 5.46. The van der Waals surface area contributed by atoms with E-state index in [2.05, 4.69) is 37.5 Å². The summed E-state index contributed by atoms with van der Waals surface area (Å²) in [6, 6.07) is 6.02. The van der Waals surface area contributed by atoms with Crippen molar-refractivity contribution in [1.29, 1.82) is 0 Å². The first kappa shape index (κ1) is 12.5. The van der Waals surface area contributed by atoms with Crippen LogP contribution in [0.15, 0.2) is 22.7 Å². The van der Waals surface area contributed by atoms with Crippen LogP contribution < -0.4 is 10.1 Å². The highest BCUT2D eigenvalue weighted by Crippen LogP contribution is 2.36. The standard InChI is InChI=1S/C14H16BrN3O/c1-19-12-6-5-9(15)8-11(12)13-10-4-2-3-7-16-14(10)18-17-13/h5-6,8H,2-4,7H2,1H3,(H2,16,17,18). The average molecular weight is 322 g/mol. The Morgan fingerprint density at radius 3 is 3.05 bits per heavy atom. The van der Waals surface area contributed by atoms with Gasteiger partial charge in [0.15, 0.2) is 5.82 Å². The van der Waals surface area contributed by atoms with Gasteiger partial charge < -0.3 is 10.1 Å². The molecule has 19 heavy (non-hydrogen) atoms. The second kappa shape index (κ2) is 5.25. The summed E-state index contributed by atoms with van der Waals surface area (Å²) >= 11 is 3.52. The van der Waals surface area contributed by atoms with Crippen molar-refractivity contribution in [3.8, 4) is 17.0 Å². The van der Waals surface area contributed by atoms with Gasteiger partial charge in [0, 0.05) is 22.1 Å². The fourth-order valence-corrected chi connectivity index (χ4v) is 2.85. The van der Waals surface area contributed by atoms with Crippen molar-refractivity contribution in [2.24, 2.45) is 0 Å². The van der Waals surface area contributed by atoms with Crippen molar-refractivity contribution in [2.75, 3.05) is 19.0 Å². The van der Waals surface area contributed by atoms with E-state index in [-0.39, 0.29) is 0 Å². The molecule has 1 aliphatic rings. The zero-order valence-corrected chi connectivity index (χ0v) is 12.4. The van der Waals surface area contributed by atoms with Crippen LogP contribution in [-0.2, 0) is 6.42 Å². The number of methoxy groups -OCH3 is 1. The molecule has 1 aliphatic heterocycles. The number of halogens is 1. The fourth-order valence-electron chi connectivity index (χ4n) is 2.49. The number of aromatic nitrogens is 2. The molecule has 0 unspecified atom stereocenters. The van der Waals surface area contributed by atoms with Crippen LogP contribution in [0, 0.1) is 0 Å². The van der Waals surface area contributed by atoms with Crippen LogP contribution >= 0.6 is 15.9 Å². The van der Waals surface area contributed by atoms with E-state index in [1.54, 1.807) is 7.11 Å². The molecule has 1 aromatic carbocycles. The van der Waals surface area contributed by atoms with Crippen LogP contribution in [-0.4, -0.2) is 23.9 Å². The highest BCUT2D eigenvalue weighted by molar-refractivity contribution is 9.10. The summed E-state index contributed by atoms with van der Waals surface area (Å²) in [5.41, 5.74) is 3.37. The Hall–Kier alpha value is -1.49. The third-order valence-corrected chi connectivity index (χ3v) is 3.94. The average Bonchev–Trinajstić information content (AvgIpc) is 2.67. The Morgan fingerprint density at radius 1 is 1.32 bits per heavy atom. The minimum Gasteiger partial charge on any atom is -0.496 e. The van der Waals surface area contributed by atoms with Gasteiger partial charge in [-0.15, -0.1) is 0 Å². The third-order valence-electron chi connectivity index (χ3n) is 3.44. The molecule has 3 rings (SSSR count). The van der Waals surface area contributed by atoms with Crippen molar-refractivity contribution < 1.29 is 4.74 Å². The zero-order chi connectivity index (χ0) is 13.2. The second-order valence-corrected chi connectivity index (χ2v) is 5.57. The van der Waals surface area contributed by atoms with Gasteiger partial charge in [-0.05, 0) is 37.5 Å². The predicted molar refractivity (Wildman–Crippen MR) is 79.7 cm³/mol. The molecule has 2 heterocycles. The summed E-state index contributed by atoms with van der Waals surface area (Å²) in [6.07, 6.45) is 3.41. The number of nitrogens with one attached hydrogen (secondary N) is 2. The van der Waals surface area contributed by atoms with E-state index >= 15 is 0 Å². The maximum atomic E-state index is 5.46. The Labute approximate surface area is 120 Å². The third kappa shape index (κ3) is 2.34. The van der Waals surface area contributed by atoms with Crippen LogP contribution in [0.5, 0.6) is 5.75 Å². The number of anilines is 1. The Bertz CT molecular complexity index is 594. The van der Waals surface area contributed by atoms with Crippen molar-refractivity contribution in [3.63, 3.8) is 0 Å². The molecule has 0 bridgehead atoms. The molecule has 0 atom stereocenters. The van der Waals surface area contributed by atoms with Crippen LogP contribution in [0.1, 0.15) is 18.4 Å². The van der Waals surface area contributed by atoms with E-state index in [0.717, 1.165) is 40.3 Å². The quantitative estimate of drug-likeness (QED) is 0.888. The minimum absolute atomic E-state index is 0.860. The van der Waals surface area contributed by atoms with Gasteiger partial charge >= 0.3 is 0 Å². The van der Waals surface area contributed by atoms with Gasteiger partial charge in [-0.3, -0.25) is 5.10 Å². The fraction of sp³-hybridized carbons (Fsp3) is 0.357. The van der Waals surface area contributed by atoms with Crippen molar-refractivity contribution >= 4 is 21.7 Å². The lowest BCUT2D eigenvalue weighted by Gasteiger charge is -2.09. The normalized spacial score (nSPS) is 14.4. The van der Waals surface area contributed by atoms with Gasteiger partial charge in [-0.1, -0.05) is 15.9 Å². The molecule has 0 fully saturated rings. The molecule has 2 aromatic rings. The topological polar surface area (TPSA) is 49.9 Å². The highest BCUT2D eigenvalue weighted by atomic mass is 79.9. The SMILES string of the molecule is COc1ccc(Br)cc1-c1[nH]nc2c1CCCCN2. The molecular formula is C14H16BrN3O. The smallest absolute Gasteiger partial charge is 0.151 e. The molecule has 2 N–H and O–H groups in total. The predicted octanol–water partition coefficient (Wildman–Crippen LogP) is 3.60. The summed E-state index contributed by atoms with van der Waals surface area (Å²) in [5.74, 6) is 1.84. The first-order valence-corrected chi connectivity index (χ1v) is 7.24. The van der Waals surface area contributed by atoms with E-state index in [9.17, 15) is 0 Å². The van der Waals surface area contributed by atoms with Crippen molar-refractivity contribution in [3.05, 3.63) is 28.2 Å². The van der Waals surface area contributed by atoms with Gasteiger partial charge in [-0.2, -0.15) is 5.10 Å². The lowest BCUT2D eigenvalue weighted by atomic mass is 10.0. The van der Waals surface area contributed by atoms with Crippen molar-refractivity contribution in [2.45, 2.75) is 19.3 Å². The number of rotatable bonds is 2. The number of hydrogen-bond acceptors (Lipinski definition) is 3. The molecule has 1 aromatic heterocycles. The Kier molecular flexibility index (Phi) is 3.46. The largest absolute Gasteiger partial charge is 0.496 e. The monoisotopic (exact) mass is 321 g/mol. The zero-order valence-electron chi connectivity index (χ0n) is 10.8. The first-order valence-electron chi connectivity index (χ1n) is 6.44. The Balaban J connectivity index is 2.12. The minimum atomic E-state index is 0.860. The summed E-state index contributed by atoms with van der Waals surface area (Å²) in [6.45, 7) is 0.993. The lowest BCUT2D eigenvalue weighted by Crippen LogP contribution is -1.99. The molecule has 0 aliphatic carbocycles. The first-order chi connectivity index (χ1) is 9.29. The number of aromatic amines is 1. The van der Waals surface area contributed by atoms with E-state index in [4.69, 9.17) is 4.74 Å². The summed E-state index contributed by atoms with van der Waals surface area (Å²) in [4.78, 5) is 0. The second-order valence-electron chi connectivity index (χ2n) is 4.65. The molecular weight excluding hydrogens is 306 g/mol. The van der Waals surface area contributed by atoms with Crippen LogP contribution in [0.2, 0.25) is 0 Å². The molecule has 0 amide bonds. The molecule has 5 heteroatoms. The molecule has 0 spiro atoms. The van der Waals surface area contributed by atoms with Gasteiger partial charge in [0.05, 0.1) is 12.8 Å². The summed E-state index contributed by atoms with van der Waals surface area (Å²) in [5, 5.41) is 10.9. The van der Waals surface area contributed by atoms with Crippen molar-refractivity contribution in [1.82, 2.24) is 10.2 Å². The number of fused-ring (bicyclic) bond motifs is 1. The highest BCUT2D eigenvalue weighted by Gasteiger charge is 2.19. The van der Waals surface area contributed by atoms with Gasteiger partial charge in [0.1, 0.15) is 5.75 Å². The summed E-state index contributed by atoms with van der Waals surface area (Å²) < 4.78 is 6.49. The maximum Gasteiger partial charge on any atom is 0.151 e. The lowest BCUT2D eigenvalue weighted by molar-refractivity contribution is 0.416.